The van der Waals surface area contributed by atoms with Gasteiger partial charge < -0.3 is 15.5 Å². The number of benzene rings is 2. The van der Waals surface area contributed by atoms with Gasteiger partial charge in [-0.25, -0.2) is 0 Å². The Morgan fingerprint density at radius 1 is 0.850 bits per heavy atom. The molecule has 106 valence electrons. The molecule has 0 fully saturated rings. The molecule has 0 amide bonds. The second-order valence-corrected chi connectivity index (χ2v) is 5.38. The largest absolute Gasteiger partial charge is 0.508 e. The first kappa shape index (κ1) is 14.7. The van der Waals surface area contributed by atoms with Crippen LogP contribution >= 0.6 is 11.6 Å². The SMILES string of the molecule is CC(NC(C)c1cc(O)cc(O)c1)c1ccc(Cl)cc1. The summed E-state index contributed by atoms with van der Waals surface area (Å²) in [5, 5.41) is 23.2. The Hall–Kier alpha value is -1.71. The van der Waals surface area contributed by atoms with E-state index in [0.717, 1.165) is 11.1 Å². The van der Waals surface area contributed by atoms with Crippen molar-refractivity contribution >= 4 is 11.6 Å². The number of nitrogens with one attached hydrogen (secondary N) is 1. The lowest BCUT2D eigenvalue weighted by Crippen LogP contribution is -2.22. The van der Waals surface area contributed by atoms with Gasteiger partial charge in [-0.2, -0.15) is 0 Å². The summed E-state index contributed by atoms with van der Waals surface area (Å²) in [6.45, 7) is 4.04. The second kappa shape index (κ2) is 6.16. The summed E-state index contributed by atoms with van der Waals surface area (Å²) < 4.78 is 0. The maximum Gasteiger partial charge on any atom is 0.119 e. The summed E-state index contributed by atoms with van der Waals surface area (Å²) in [5.74, 6) is 0.126. The van der Waals surface area contributed by atoms with Gasteiger partial charge in [0.05, 0.1) is 0 Å². The minimum absolute atomic E-state index is 0.00122. The molecule has 2 atom stereocenters. The second-order valence-electron chi connectivity index (χ2n) is 4.94. The van der Waals surface area contributed by atoms with E-state index < -0.39 is 0 Å². The van der Waals surface area contributed by atoms with Crippen molar-refractivity contribution in [2.45, 2.75) is 25.9 Å². The summed E-state index contributed by atoms with van der Waals surface area (Å²) in [7, 11) is 0. The van der Waals surface area contributed by atoms with Crippen molar-refractivity contribution in [3.63, 3.8) is 0 Å². The molecule has 2 aromatic rings. The maximum absolute atomic E-state index is 9.52. The van der Waals surface area contributed by atoms with Crippen LogP contribution in [0.15, 0.2) is 42.5 Å². The summed E-state index contributed by atoms with van der Waals surface area (Å²) >= 11 is 5.88. The van der Waals surface area contributed by atoms with Crippen LogP contribution in [0.25, 0.3) is 0 Å². The molecular weight excluding hydrogens is 274 g/mol. The van der Waals surface area contributed by atoms with Crippen LogP contribution in [0.4, 0.5) is 0 Å². The van der Waals surface area contributed by atoms with Gasteiger partial charge in [0.2, 0.25) is 0 Å². The van der Waals surface area contributed by atoms with Crippen molar-refractivity contribution in [1.82, 2.24) is 5.32 Å². The molecule has 0 saturated carbocycles. The van der Waals surface area contributed by atoms with Crippen molar-refractivity contribution in [3.05, 3.63) is 58.6 Å². The Labute approximate surface area is 123 Å². The minimum Gasteiger partial charge on any atom is -0.508 e. The first-order valence-corrected chi connectivity index (χ1v) is 6.88. The predicted molar refractivity (Wildman–Crippen MR) is 81.2 cm³/mol. The molecule has 0 aliphatic heterocycles. The summed E-state index contributed by atoms with van der Waals surface area (Å²) in [6, 6.07) is 12.4. The molecule has 2 unspecified atom stereocenters. The first-order valence-electron chi connectivity index (χ1n) is 6.50. The molecule has 2 rings (SSSR count). The van der Waals surface area contributed by atoms with Gasteiger partial charge in [-0.1, -0.05) is 23.7 Å². The van der Waals surface area contributed by atoms with Crippen molar-refractivity contribution in [1.29, 1.82) is 0 Å². The molecule has 0 aliphatic carbocycles. The van der Waals surface area contributed by atoms with Crippen molar-refractivity contribution < 1.29 is 10.2 Å². The zero-order chi connectivity index (χ0) is 14.7. The van der Waals surface area contributed by atoms with Crippen LogP contribution in [0.1, 0.15) is 37.1 Å². The summed E-state index contributed by atoms with van der Waals surface area (Å²) in [4.78, 5) is 0. The van der Waals surface area contributed by atoms with Crippen LogP contribution in [0.5, 0.6) is 11.5 Å². The smallest absolute Gasteiger partial charge is 0.119 e. The van der Waals surface area contributed by atoms with Crippen LogP contribution in [0.2, 0.25) is 5.02 Å². The van der Waals surface area contributed by atoms with E-state index in [1.54, 1.807) is 12.1 Å². The average molecular weight is 292 g/mol. The summed E-state index contributed by atoms with van der Waals surface area (Å²) in [6.07, 6.45) is 0. The van der Waals surface area contributed by atoms with Crippen LogP contribution in [0.3, 0.4) is 0 Å². The van der Waals surface area contributed by atoms with E-state index >= 15 is 0 Å². The molecule has 0 aromatic heterocycles. The maximum atomic E-state index is 9.52. The Balaban J connectivity index is 2.10. The van der Waals surface area contributed by atoms with Gasteiger partial charge in [-0.05, 0) is 49.2 Å². The lowest BCUT2D eigenvalue weighted by Gasteiger charge is -2.21. The molecule has 0 saturated heterocycles. The van der Waals surface area contributed by atoms with E-state index in [1.807, 2.05) is 31.2 Å². The van der Waals surface area contributed by atoms with Gasteiger partial charge in [-0.3, -0.25) is 0 Å². The third-order valence-electron chi connectivity index (χ3n) is 3.29. The topological polar surface area (TPSA) is 52.5 Å². The van der Waals surface area contributed by atoms with Crippen LogP contribution in [-0.4, -0.2) is 10.2 Å². The zero-order valence-corrected chi connectivity index (χ0v) is 12.2. The van der Waals surface area contributed by atoms with E-state index in [2.05, 4.69) is 12.2 Å². The Morgan fingerprint density at radius 2 is 1.35 bits per heavy atom. The lowest BCUT2D eigenvalue weighted by atomic mass is 10.0. The number of halogens is 1. The molecule has 0 spiro atoms. The third-order valence-corrected chi connectivity index (χ3v) is 3.55. The number of phenols is 2. The molecule has 2 aromatic carbocycles. The highest BCUT2D eigenvalue weighted by atomic mass is 35.5. The highest BCUT2D eigenvalue weighted by Gasteiger charge is 2.12. The highest BCUT2D eigenvalue weighted by molar-refractivity contribution is 6.30. The van der Waals surface area contributed by atoms with E-state index in [4.69, 9.17) is 11.6 Å². The van der Waals surface area contributed by atoms with E-state index in [0.29, 0.717) is 5.02 Å². The van der Waals surface area contributed by atoms with Gasteiger partial charge >= 0.3 is 0 Å². The Morgan fingerprint density at radius 3 is 1.90 bits per heavy atom. The normalized spacial score (nSPS) is 13.9. The lowest BCUT2D eigenvalue weighted by molar-refractivity contribution is 0.442. The predicted octanol–water partition coefficient (Wildman–Crippen LogP) is 4.16. The number of rotatable bonds is 4. The van der Waals surface area contributed by atoms with Crippen LogP contribution < -0.4 is 5.32 Å². The van der Waals surface area contributed by atoms with E-state index in [-0.39, 0.29) is 23.6 Å². The van der Waals surface area contributed by atoms with Crippen molar-refractivity contribution in [2.75, 3.05) is 0 Å². The van der Waals surface area contributed by atoms with E-state index in [1.165, 1.54) is 6.07 Å². The molecule has 20 heavy (non-hydrogen) atoms. The third kappa shape index (κ3) is 3.65. The standard InChI is InChI=1S/C16H18ClNO2/c1-10(12-3-5-14(17)6-4-12)18-11(2)13-7-15(19)9-16(20)8-13/h3-11,18-20H,1-2H3. The molecule has 3 N–H and O–H groups in total. The van der Waals surface area contributed by atoms with Gasteiger partial charge in [0.1, 0.15) is 11.5 Å². The van der Waals surface area contributed by atoms with Crippen molar-refractivity contribution in [3.8, 4) is 11.5 Å². The quantitative estimate of drug-likeness (QED) is 0.793. The van der Waals surface area contributed by atoms with Gasteiger partial charge in [0.15, 0.2) is 0 Å². The van der Waals surface area contributed by atoms with Crippen molar-refractivity contribution in [2.24, 2.45) is 0 Å². The molecule has 0 aliphatic rings. The van der Waals surface area contributed by atoms with Crippen LogP contribution in [-0.2, 0) is 0 Å². The number of hydrogen-bond donors (Lipinski definition) is 3. The van der Waals surface area contributed by atoms with Crippen LogP contribution in [0, 0.1) is 0 Å². The molecule has 0 radical (unpaired) electrons. The van der Waals surface area contributed by atoms with E-state index in [9.17, 15) is 10.2 Å². The molecule has 0 bridgehead atoms. The highest BCUT2D eigenvalue weighted by Crippen LogP contribution is 2.26. The molecular formula is C16H18ClNO2. The average Bonchev–Trinajstić information content (AvgIpc) is 2.38. The zero-order valence-electron chi connectivity index (χ0n) is 11.5. The fourth-order valence-electron chi connectivity index (χ4n) is 2.19. The fourth-order valence-corrected chi connectivity index (χ4v) is 2.31. The Kier molecular flexibility index (Phi) is 4.53. The Bertz CT molecular complexity index is 563. The fraction of sp³-hybridized carbons (Fsp3) is 0.250. The monoisotopic (exact) mass is 291 g/mol. The number of hydrogen-bond acceptors (Lipinski definition) is 3. The number of aromatic hydroxyl groups is 2. The summed E-state index contributed by atoms with van der Waals surface area (Å²) in [5.41, 5.74) is 1.97. The molecule has 3 nitrogen and oxygen atoms in total. The minimum atomic E-state index is -0.00122. The van der Waals surface area contributed by atoms with Gasteiger partial charge in [-0.15, -0.1) is 0 Å². The first-order chi connectivity index (χ1) is 9.45. The van der Waals surface area contributed by atoms with Gasteiger partial charge in [0.25, 0.3) is 0 Å². The molecule has 0 heterocycles. The van der Waals surface area contributed by atoms with Gasteiger partial charge in [0, 0.05) is 23.2 Å². The molecule has 4 heteroatoms. The number of phenolic OH excluding ortho intramolecular Hbond substituents is 2.